The van der Waals surface area contributed by atoms with Crippen molar-refractivity contribution >= 4 is 11.9 Å². The largest absolute Gasteiger partial charge is 0.466 e. The topological polar surface area (TPSA) is 175 Å². The van der Waals surface area contributed by atoms with E-state index in [1.165, 1.54) is 225 Å². The lowest BCUT2D eigenvalue weighted by Crippen LogP contribution is -2.60. The van der Waals surface area contributed by atoms with E-state index >= 15 is 0 Å². The lowest BCUT2D eigenvalue weighted by molar-refractivity contribution is -0.302. The number of nitrogens with one attached hydrogen (secondary N) is 1. The minimum Gasteiger partial charge on any atom is -0.466 e. The SMILES string of the molecule is CCCCCCC/C=C\CCCCCCCC(=O)OCCCCCCCCCCCCCCCCCCCCCCCCCCC(=O)NC(COC1OC(CO)C(O)C(O)C1O)C(O)/C=C/CCCCCCCCC. The molecular formula is C64H121NO10. The van der Waals surface area contributed by atoms with Gasteiger partial charge >= 0.3 is 5.97 Å². The van der Waals surface area contributed by atoms with E-state index in [1.54, 1.807) is 6.08 Å². The van der Waals surface area contributed by atoms with Crippen molar-refractivity contribution in [3.05, 3.63) is 24.3 Å². The van der Waals surface area contributed by atoms with Gasteiger partial charge < -0.3 is 45.1 Å². The van der Waals surface area contributed by atoms with E-state index in [2.05, 4.69) is 31.3 Å². The van der Waals surface area contributed by atoms with Gasteiger partial charge in [0.2, 0.25) is 5.91 Å². The Balaban J connectivity index is 1.96. The number of amides is 1. The van der Waals surface area contributed by atoms with Crippen LogP contribution in [0.2, 0.25) is 0 Å². The van der Waals surface area contributed by atoms with E-state index in [-0.39, 0.29) is 18.5 Å². The van der Waals surface area contributed by atoms with Crippen LogP contribution in [0.15, 0.2) is 24.3 Å². The molecule has 1 aliphatic heterocycles. The van der Waals surface area contributed by atoms with E-state index in [1.807, 2.05) is 6.08 Å². The van der Waals surface area contributed by atoms with Gasteiger partial charge in [0.15, 0.2) is 6.29 Å². The van der Waals surface area contributed by atoms with Gasteiger partial charge in [-0.25, -0.2) is 0 Å². The Bertz CT molecular complexity index is 1300. The van der Waals surface area contributed by atoms with E-state index in [0.29, 0.717) is 19.4 Å². The van der Waals surface area contributed by atoms with Crippen LogP contribution in [0.4, 0.5) is 0 Å². The van der Waals surface area contributed by atoms with Gasteiger partial charge in [0.1, 0.15) is 24.4 Å². The van der Waals surface area contributed by atoms with Crippen LogP contribution in [-0.2, 0) is 23.8 Å². The number of carbonyl (C=O) groups is 2. The quantitative estimate of drug-likeness (QED) is 0.0195. The summed E-state index contributed by atoms with van der Waals surface area (Å²) in [4.78, 5) is 25.1. The Labute approximate surface area is 461 Å². The van der Waals surface area contributed by atoms with Gasteiger partial charge in [0, 0.05) is 12.8 Å². The Kier molecular flexibility index (Phi) is 51.3. The Morgan fingerprint density at radius 3 is 1.28 bits per heavy atom. The molecule has 75 heavy (non-hydrogen) atoms. The highest BCUT2D eigenvalue weighted by Crippen LogP contribution is 2.23. The molecule has 0 bridgehead atoms. The molecule has 0 radical (unpaired) electrons. The number of ether oxygens (including phenoxy) is 3. The van der Waals surface area contributed by atoms with Gasteiger partial charge in [-0.2, -0.15) is 0 Å². The van der Waals surface area contributed by atoms with Crippen LogP contribution in [0.5, 0.6) is 0 Å². The maximum atomic E-state index is 13.0. The highest BCUT2D eigenvalue weighted by atomic mass is 16.7. The van der Waals surface area contributed by atoms with Crippen molar-refractivity contribution in [3.63, 3.8) is 0 Å². The first-order valence-corrected chi connectivity index (χ1v) is 32.1. The number of rotatable bonds is 56. The molecule has 7 unspecified atom stereocenters. The summed E-state index contributed by atoms with van der Waals surface area (Å²) in [5.74, 6) is -0.186. The molecule has 1 saturated heterocycles. The minimum absolute atomic E-state index is 0.00407. The predicted octanol–water partition coefficient (Wildman–Crippen LogP) is 15.3. The van der Waals surface area contributed by atoms with Crippen LogP contribution in [0, 0.1) is 0 Å². The maximum Gasteiger partial charge on any atom is 0.305 e. The first-order chi connectivity index (χ1) is 36.7. The lowest BCUT2D eigenvalue weighted by atomic mass is 9.99. The number of unbranched alkanes of at least 4 members (excludes halogenated alkanes) is 40. The van der Waals surface area contributed by atoms with Crippen molar-refractivity contribution in [2.75, 3.05) is 19.8 Å². The van der Waals surface area contributed by atoms with Crippen molar-refractivity contribution in [3.8, 4) is 0 Å². The monoisotopic (exact) mass is 1060 g/mol. The molecule has 0 aliphatic carbocycles. The third-order valence-electron chi connectivity index (χ3n) is 15.3. The second-order valence-corrected chi connectivity index (χ2v) is 22.5. The molecule has 0 aromatic carbocycles. The third kappa shape index (κ3) is 43.7. The molecule has 1 fully saturated rings. The molecule has 6 N–H and O–H groups in total. The second kappa shape index (κ2) is 54.1. The highest BCUT2D eigenvalue weighted by molar-refractivity contribution is 5.76. The first kappa shape index (κ1) is 71.2. The molecule has 0 aromatic heterocycles. The Morgan fingerprint density at radius 1 is 0.480 bits per heavy atom. The number of allylic oxidation sites excluding steroid dienone is 3. The Hall–Kier alpha value is -1.86. The molecule has 1 aliphatic rings. The van der Waals surface area contributed by atoms with Crippen LogP contribution < -0.4 is 5.32 Å². The molecule has 0 aromatic rings. The smallest absolute Gasteiger partial charge is 0.305 e. The van der Waals surface area contributed by atoms with Crippen molar-refractivity contribution in [1.82, 2.24) is 5.32 Å². The maximum absolute atomic E-state index is 13.0. The molecule has 1 heterocycles. The summed E-state index contributed by atoms with van der Waals surface area (Å²) >= 11 is 0. The molecule has 11 heteroatoms. The fourth-order valence-electron chi connectivity index (χ4n) is 10.2. The standard InChI is InChI=1S/C64H121NO10/c1-3-5-7-9-11-13-14-15-29-32-36-40-44-48-52-60(69)73-53-49-45-41-37-33-30-27-25-23-21-19-17-16-18-20-22-24-26-28-31-35-39-43-47-51-59(68)65-56(57(67)50-46-42-38-34-12-10-8-6-4-2)55-74-64-63(72)62(71)61(70)58(54-66)75-64/h14-15,46,50,56-58,61-64,66-67,70-72H,3-13,16-45,47-49,51-55H2,1-2H3,(H,65,68)/b15-14-,50-46+. The highest BCUT2D eigenvalue weighted by Gasteiger charge is 2.44. The van der Waals surface area contributed by atoms with Gasteiger partial charge in [0.05, 0.1) is 32.0 Å². The second-order valence-electron chi connectivity index (χ2n) is 22.5. The third-order valence-corrected chi connectivity index (χ3v) is 15.3. The van der Waals surface area contributed by atoms with Crippen LogP contribution in [0.25, 0.3) is 0 Å². The van der Waals surface area contributed by atoms with Crippen LogP contribution >= 0.6 is 0 Å². The van der Waals surface area contributed by atoms with E-state index in [9.17, 15) is 35.1 Å². The van der Waals surface area contributed by atoms with Crippen molar-refractivity contribution < 1.29 is 49.3 Å². The number of aliphatic hydroxyl groups is 5. The van der Waals surface area contributed by atoms with E-state index in [0.717, 1.165) is 57.8 Å². The average Bonchev–Trinajstić information content (AvgIpc) is 3.41. The predicted molar refractivity (Wildman–Crippen MR) is 311 cm³/mol. The summed E-state index contributed by atoms with van der Waals surface area (Å²) < 4.78 is 16.7. The first-order valence-electron chi connectivity index (χ1n) is 32.1. The van der Waals surface area contributed by atoms with E-state index in [4.69, 9.17) is 14.2 Å². The van der Waals surface area contributed by atoms with Gasteiger partial charge in [0.25, 0.3) is 0 Å². The van der Waals surface area contributed by atoms with Gasteiger partial charge in [-0.3, -0.25) is 9.59 Å². The zero-order valence-electron chi connectivity index (χ0n) is 48.8. The van der Waals surface area contributed by atoms with Crippen LogP contribution in [0.3, 0.4) is 0 Å². The van der Waals surface area contributed by atoms with E-state index < -0.39 is 49.5 Å². The Morgan fingerprint density at radius 2 is 0.853 bits per heavy atom. The zero-order chi connectivity index (χ0) is 54.5. The summed E-state index contributed by atoms with van der Waals surface area (Å²) in [7, 11) is 0. The van der Waals surface area contributed by atoms with Gasteiger partial charge in [-0.1, -0.05) is 263 Å². The van der Waals surface area contributed by atoms with Crippen LogP contribution in [-0.4, -0.2) is 100 Å². The molecule has 7 atom stereocenters. The molecular weight excluding hydrogens is 943 g/mol. The number of esters is 1. The molecule has 1 amide bonds. The van der Waals surface area contributed by atoms with Gasteiger partial charge in [-0.05, 0) is 57.8 Å². The summed E-state index contributed by atoms with van der Waals surface area (Å²) in [5.41, 5.74) is 0. The molecule has 442 valence electrons. The summed E-state index contributed by atoms with van der Waals surface area (Å²) in [6, 6.07) is -0.807. The number of hydrogen-bond acceptors (Lipinski definition) is 10. The number of aliphatic hydroxyl groups excluding tert-OH is 5. The normalized spacial score (nSPS) is 18.8. The fourth-order valence-corrected chi connectivity index (χ4v) is 10.2. The molecule has 1 rings (SSSR count). The molecule has 0 spiro atoms. The fraction of sp³-hybridized carbons (Fsp3) is 0.906. The van der Waals surface area contributed by atoms with Crippen molar-refractivity contribution in [1.29, 1.82) is 0 Å². The lowest BCUT2D eigenvalue weighted by Gasteiger charge is -2.40. The summed E-state index contributed by atoms with van der Waals surface area (Å²) in [5, 5.41) is 54.2. The minimum atomic E-state index is -1.57. The summed E-state index contributed by atoms with van der Waals surface area (Å²) in [6.45, 7) is 4.32. The number of carbonyl (C=O) groups excluding carboxylic acids is 2. The average molecular weight is 1060 g/mol. The van der Waals surface area contributed by atoms with Crippen molar-refractivity contribution in [2.45, 2.75) is 352 Å². The number of hydrogen-bond donors (Lipinski definition) is 6. The van der Waals surface area contributed by atoms with Crippen LogP contribution in [0.1, 0.15) is 309 Å². The summed E-state index contributed by atoms with van der Waals surface area (Å²) in [6.07, 6.45) is 55.9. The van der Waals surface area contributed by atoms with Crippen molar-refractivity contribution in [2.24, 2.45) is 0 Å². The zero-order valence-corrected chi connectivity index (χ0v) is 48.8. The van der Waals surface area contributed by atoms with Gasteiger partial charge in [-0.15, -0.1) is 0 Å². The molecule has 0 saturated carbocycles. The molecule has 11 nitrogen and oxygen atoms in total.